The molecular formula is C15H14N4O2. The molecule has 1 fully saturated rings. The number of carbonyl (C=O) groups is 2. The van der Waals surface area contributed by atoms with E-state index in [0.29, 0.717) is 18.8 Å². The SMILES string of the molecule is O=C1CN(C(=O)/C=C\c2cnc3ccccc3n2)CCN1. The molecule has 6 nitrogen and oxygen atoms in total. The number of nitrogens with one attached hydrogen (secondary N) is 1. The van der Waals surface area contributed by atoms with Gasteiger partial charge in [-0.1, -0.05) is 12.1 Å². The zero-order chi connectivity index (χ0) is 14.7. The molecule has 3 rings (SSSR count). The van der Waals surface area contributed by atoms with Crippen molar-refractivity contribution >= 4 is 28.9 Å². The summed E-state index contributed by atoms with van der Waals surface area (Å²) < 4.78 is 0. The van der Waals surface area contributed by atoms with Crippen LogP contribution in [0.4, 0.5) is 0 Å². The van der Waals surface area contributed by atoms with E-state index in [1.807, 2.05) is 24.3 Å². The number of piperazine rings is 1. The standard InChI is InChI=1S/C15H14N4O2/c20-14-10-19(8-7-16-14)15(21)6-5-11-9-17-12-3-1-2-4-13(12)18-11/h1-6,9H,7-8,10H2,(H,16,20)/b6-5-. The van der Waals surface area contributed by atoms with E-state index in [1.165, 1.54) is 11.0 Å². The molecule has 0 saturated carbocycles. The second-order valence-corrected chi connectivity index (χ2v) is 4.73. The molecule has 1 saturated heterocycles. The third kappa shape index (κ3) is 3.05. The summed E-state index contributed by atoms with van der Waals surface area (Å²) in [6.07, 6.45) is 4.67. The van der Waals surface area contributed by atoms with Gasteiger partial charge < -0.3 is 10.2 Å². The van der Waals surface area contributed by atoms with Crippen LogP contribution in [0.25, 0.3) is 17.1 Å². The first-order valence-corrected chi connectivity index (χ1v) is 6.68. The lowest BCUT2D eigenvalue weighted by molar-refractivity contribution is -0.134. The molecule has 0 bridgehead atoms. The van der Waals surface area contributed by atoms with Crippen LogP contribution in [0, 0.1) is 0 Å². The van der Waals surface area contributed by atoms with Gasteiger partial charge in [0.25, 0.3) is 0 Å². The van der Waals surface area contributed by atoms with E-state index < -0.39 is 0 Å². The predicted octanol–water partition coefficient (Wildman–Crippen LogP) is 0.601. The minimum absolute atomic E-state index is 0.104. The average molecular weight is 282 g/mol. The van der Waals surface area contributed by atoms with Crippen molar-refractivity contribution in [1.82, 2.24) is 20.2 Å². The Kier molecular flexibility index (Phi) is 3.59. The van der Waals surface area contributed by atoms with Crippen LogP contribution in [0.5, 0.6) is 0 Å². The van der Waals surface area contributed by atoms with Crippen LogP contribution in [-0.2, 0) is 9.59 Å². The Hall–Kier alpha value is -2.76. The van der Waals surface area contributed by atoms with E-state index in [2.05, 4.69) is 15.3 Å². The lowest BCUT2D eigenvalue weighted by Crippen LogP contribution is -2.49. The van der Waals surface area contributed by atoms with E-state index >= 15 is 0 Å². The van der Waals surface area contributed by atoms with Gasteiger partial charge in [-0.15, -0.1) is 0 Å². The highest BCUT2D eigenvalue weighted by atomic mass is 16.2. The molecule has 1 N–H and O–H groups in total. The van der Waals surface area contributed by atoms with Gasteiger partial charge in [0.2, 0.25) is 11.8 Å². The van der Waals surface area contributed by atoms with E-state index in [9.17, 15) is 9.59 Å². The Morgan fingerprint density at radius 2 is 2.10 bits per heavy atom. The van der Waals surface area contributed by atoms with Gasteiger partial charge in [-0.2, -0.15) is 0 Å². The van der Waals surface area contributed by atoms with Crippen molar-refractivity contribution < 1.29 is 9.59 Å². The topological polar surface area (TPSA) is 75.2 Å². The summed E-state index contributed by atoms with van der Waals surface area (Å²) in [5.41, 5.74) is 2.21. The van der Waals surface area contributed by atoms with Crippen LogP contribution in [0.15, 0.2) is 36.5 Å². The zero-order valence-electron chi connectivity index (χ0n) is 11.3. The maximum Gasteiger partial charge on any atom is 0.247 e. The Labute approximate surface area is 121 Å². The smallest absolute Gasteiger partial charge is 0.247 e. The van der Waals surface area contributed by atoms with Crippen LogP contribution >= 0.6 is 0 Å². The fraction of sp³-hybridized carbons (Fsp3) is 0.200. The minimum atomic E-state index is -0.195. The van der Waals surface area contributed by atoms with Crippen LogP contribution in [0.1, 0.15) is 5.69 Å². The van der Waals surface area contributed by atoms with Gasteiger partial charge in [0.05, 0.1) is 29.5 Å². The lowest BCUT2D eigenvalue weighted by atomic mass is 10.3. The molecule has 0 unspecified atom stereocenters. The summed E-state index contributed by atoms with van der Waals surface area (Å²) in [6.45, 7) is 1.12. The van der Waals surface area contributed by atoms with Gasteiger partial charge in [-0.25, -0.2) is 4.98 Å². The maximum absolute atomic E-state index is 12.0. The molecule has 2 amide bonds. The molecule has 1 aliphatic heterocycles. The average Bonchev–Trinajstić information content (AvgIpc) is 2.52. The summed E-state index contributed by atoms with van der Waals surface area (Å²) in [5.74, 6) is -0.326. The fourth-order valence-electron chi connectivity index (χ4n) is 2.14. The van der Waals surface area contributed by atoms with Crippen LogP contribution in [0.2, 0.25) is 0 Å². The largest absolute Gasteiger partial charge is 0.353 e. The number of benzene rings is 1. The maximum atomic E-state index is 12.0. The van der Waals surface area contributed by atoms with Gasteiger partial charge in [-0.05, 0) is 18.2 Å². The normalized spacial score (nSPS) is 15.4. The molecule has 1 aliphatic rings. The van der Waals surface area contributed by atoms with Crippen LogP contribution < -0.4 is 5.32 Å². The predicted molar refractivity (Wildman–Crippen MR) is 78.2 cm³/mol. The summed E-state index contributed by atoms with van der Waals surface area (Å²) in [6, 6.07) is 7.54. The molecule has 0 aliphatic carbocycles. The van der Waals surface area contributed by atoms with E-state index in [-0.39, 0.29) is 18.4 Å². The number of rotatable bonds is 2. The summed E-state index contributed by atoms with van der Waals surface area (Å²) >= 11 is 0. The monoisotopic (exact) mass is 282 g/mol. The Balaban J connectivity index is 1.74. The van der Waals surface area contributed by atoms with Crippen molar-refractivity contribution in [3.63, 3.8) is 0 Å². The van der Waals surface area contributed by atoms with Gasteiger partial charge in [-0.3, -0.25) is 14.6 Å². The zero-order valence-corrected chi connectivity index (χ0v) is 11.3. The first-order chi connectivity index (χ1) is 10.2. The molecule has 6 heteroatoms. The van der Waals surface area contributed by atoms with Crippen molar-refractivity contribution in [2.45, 2.75) is 0 Å². The Morgan fingerprint density at radius 3 is 2.90 bits per heavy atom. The molecule has 2 heterocycles. The number of amides is 2. The lowest BCUT2D eigenvalue weighted by Gasteiger charge is -2.25. The highest BCUT2D eigenvalue weighted by molar-refractivity contribution is 5.94. The number of fused-ring (bicyclic) bond motifs is 1. The third-order valence-corrected chi connectivity index (χ3v) is 3.21. The van der Waals surface area contributed by atoms with Gasteiger partial charge in [0.1, 0.15) is 0 Å². The molecule has 0 atom stereocenters. The number of aromatic nitrogens is 2. The molecule has 1 aromatic carbocycles. The van der Waals surface area contributed by atoms with E-state index in [4.69, 9.17) is 0 Å². The van der Waals surface area contributed by atoms with Gasteiger partial charge >= 0.3 is 0 Å². The molecule has 2 aromatic rings. The second kappa shape index (κ2) is 5.70. The highest BCUT2D eigenvalue weighted by Gasteiger charge is 2.18. The summed E-state index contributed by atoms with van der Waals surface area (Å²) in [7, 11) is 0. The first-order valence-electron chi connectivity index (χ1n) is 6.68. The van der Waals surface area contributed by atoms with Gasteiger partial charge in [0.15, 0.2) is 0 Å². The van der Waals surface area contributed by atoms with Crippen molar-refractivity contribution in [3.8, 4) is 0 Å². The molecule has 21 heavy (non-hydrogen) atoms. The van der Waals surface area contributed by atoms with Gasteiger partial charge in [0, 0.05) is 19.2 Å². The van der Waals surface area contributed by atoms with E-state index in [0.717, 1.165) is 11.0 Å². The molecular weight excluding hydrogens is 268 g/mol. The number of carbonyl (C=O) groups excluding carboxylic acids is 2. The molecule has 0 spiro atoms. The quantitative estimate of drug-likeness (QED) is 0.819. The molecule has 106 valence electrons. The third-order valence-electron chi connectivity index (χ3n) is 3.21. The van der Waals surface area contributed by atoms with Crippen molar-refractivity contribution in [3.05, 3.63) is 42.2 Å². The van der Waals surface area contributed by atoms with Crippen molar-refractivity contribution in [1.29, 1.82) is 0 Å². The van der Waals surface area contributed by atoms with Crippen LogP contribution in [0.3, 0.4) is 0 Å². The number of hydrogen-bond donors (Lipinski definition) is 1. The number of para-hydroxylation sites is 2. The minimum Gasteiger partial charge on any atom is -0.353 e. The second-order valence-electron chi connectivity index (χ2n) is 4.73. The number of hydrogen-bond acceptors (Lipinski definition) is 4. The first kappa shape index (κ1) is 13.2. The molecule has 0 radical (unpaired) electrons. The van der Waals surface area contributed by atoms with E-state index in [1.54, 1.807) is 12.3 Å². The van der Waals surface area contributed by atoms with Crippen molar-refractivity contribution in [2.75, 3.05) is 19.6 Å². The number of nitrogens with zero attached hydrogens (tertiary/aromatic N) is 3. The Bertz CT molecular complexity index is 726. The summed E-state index contributed by atoms with van der Waals surface area (Å²) in [4.78, 5) is 33.4. The van der Waals surface area contributed by atoms with Crippen LogP contribution in [-0.4, -0.2) is 46.3 Å². The molecule has 1 aromatic heterocycles. The Morgan fingerprint density at radius 1 is 1.29 bits per heavy atom. The highest BCUT2D eigenvalue weighted by Crippen LogP contribution is 2.09. The van der Waals surface area contributed by atoms with Crippen molar-refractivity contribution in [2.24, 2.45) is 0 Å². The summed E-state index contributed by atoms with van der Waals surface area (Å²) in [5, 5.41) is 2.68. The fourth-order valence-corrected chi connectivity index (χ4v) is 2.14.